The summed E-state index contributed by atoms with van der Waals surface area (Å²) in [6.45, 7) is 2.08. The number of rotatable bonds is 5. The molecule has 0 aromatic carbocycles. The monoisotopic (exact) mass is 292 g/mol. The fourth-order valence-electron chi connectivity index (χ4n) is 3.91. The molecule has 8 heteroatoms. The average Bonchev–Trinajstić information content (AvgIpc) is 3.09. The van der Waals surface area contributed by atoms with Crippen LogP contribution in [0.1, 0.15) is 32.6 Å². The summed E-state index contributed by atoms with van der Waals surface area (Å²) in [5, 5.41) is 14.3. The summed E-state index contributed by atoms with van der Waals surface area (Å²) in [5.74, 6) is 7.82. The first kappa shape index (κ1) is 14.0. The Kier molecular flexibility index (Phi) is 3.62. The van der Waals surface area contributed by atoms with Gasteiger partial charge in [0, 0.05) is 6.04 Å². The van der Waals surface area contributed by atoms with Crippen LogP contribution in [0.3, 0.4) is 0 Å². The number of anilines is 2. The third-order valence-corrected chi connectivity index (χ3v) is 4.89. The number of hydrogen-bond acceptors (Lipinski definition) is 7. The lowest BCUT2D eigenvalue weighted by molar-refractivity contribution is -0.384. The van der Waals surface area contributed by atoms with Crippen molar-refractivity contribution in [3.63, 3.8) is 0 Å². The van der Waals surface area contributed by atoms with E-state index in [1.807, 2.05) is 0 Å². The molecule has 3 rings (SSSR count). The van der Waals surface area contributed by atoms with Crippen LogP contribution in [0.4, 0.5) is 17.5 Å². The Hall–Kier alpha value is -1.96. The molecule has 0 amide bonds. The zero-order chi connectivity index (χ0) is 15.0. The van der Waals surface area contributed by atoms with E-state index in [-0.39, 0.29) is 23.5 Å². The van der Waals surface area contributed by atoms with Crippen LogP contribution in [0.5, 0.6) is 0 Å². The van der Waals surface area contributed by atoms with Gasteiger partial charge in [-0.25, -0.2) is 10.8 Å². The average molecular weight is 292 g/mol. The number of nitrogen functional groups attached to an aromatic ring is 1. The smallest absolute Gasteiger partial charge is 0.329 e. The zero-order valence-electron chi connectivity index (χ0n) is 12.0. The van der Waals surface area contributed by atoms with Gasteiger partial charge in [0.05, 0.1) is 4.92 Å². The van der Waals surface area contributed by atoms with Crippen LogP contribution in [-0.4, -0.2) is 20.9 Å². The predicted molar refractivity (Wildman–Crippen MR) is 78.5 cm³/mol. The van der Waals surface area contributed by atoms with E-state index in [9.17, 15) is 10.1 Å². The SMILES string of the molecule is CC(Nc1nc(NN)ncc1[N+](=O)[O-])C1CC2CCC1C2. The van der Waals surface area contributed by atoms with E-state index in [2.05, 4.69) is 27.6 Å². The number of nitrogens with one attached hydrogen (secondary N) is 2. The lowest BCUT2D eigenvalue weighted by atomic mass is 9.84. The Morgan fingerprint density at radius 1 is 1.48 bits per heavy atom. The summed E-state index contributed by atoms with van der Waals surface area (Å²) in [4.78, 5) is 18.5. The van der Waals surface area contributed by atoms with Gasteiger partial charge in [-0.2, -0.15) is 4.98 Å². The van der Waals surface area contributed by atoms with Crippen LogP contribution in [0.25, 0.3) is 0 Å². The Morgan fingerprint density at radius 3 is 2.86 bits per heavy atom. The van der Waals surface area contributed by atoms with Gasteiger partial charge in [0.2, 0.25) is 11.8 Å². The molecule has 0 aliphatic heterocycles. The van der Waals surface area contributed by atoms with Gasteiger partial charge in [0.15, 0.2) is 0 Å². The molecule has 4 unspecified atom stereocenters. The molecule has 2 aliphatic rings. The Morgan fingerprint density at radius 2 is 2.29 bits per heavy atom. The Labute approximate surface area is 122 Å². The maximum atomic E-state index is 11.1. The second-order valence-corrected chi connectivity index (χ2v) is 6.10. The molecule has 2 aliphatic carbocycles. The summed E-state index contributed by atoms with van der Waals surface area (Å²) >= 11 is 0. The molecule has 8 nitrogen and oxygen atoms in total. The number of nitrogens with two attached hydrogens (primary N) is 1. The molecule has 0 spiro atoms. The maximum absolute atomic E-state index is 11.1. The van der Waals surface area contributed by atoms with Gasteiger partial charge < -0.3 is 5.32 Å². The maximum Gasteiger partial charge on any atom is 0.329 e. The minimum Gasteiger partial charge on any atom is -0.361 e. The Balaban J connectivity index is 1.78. The van der Waals surface area contributed by atoms with E-state index in [0.29, 0.717) is 5.92 Å². The molecule has 1 aromatic rings. The van der Waals surface area contributed by atoms with Gasteiger partial charge in [0.1, 0.15) is 6.20 Å². The van der Waals surface area contributed by atoms with E-state index < -0.39 is 4.92 Å². The predicted octanol–water partition coefficient (Wildman–Crippen LogP) is 1.91. The van der Waals surface area contributed by atoms with Crippen molar-refractivity contribution in [1.82, 2.24) is 9.97 Å². The molecular formula is C13H20N6O2. The molecule has 0 radical (unpaired) electrons. The molecule has 21 heavy (non-hydrogen) atoms. The number of fused-ring (bicyclic) bond motifs is 2. The van der Waals surface area contributed by atoms with E-state index in [0.717, 1.165) is 11.8 Å². The van der Waals surface area contributed by atoms with Crippen LogP contribution in [-0.2, 0) is 0 Å². The summed E-state index contributed by atoms with van der Waals surface area (Å²) < 4.78 is 0. The van der Waals surface area contributed by atoms with Gasteiger partial charge in [0.25, 0.3) is 0 Å². The Bertz CT molecular complexity index is 551. The zero-order valence-corrected chi connectivity index (χ0v) is 12.0. The van der Waals surface area contributed by atoms with E-state index in [1.54, 1.807) is 0 Å². The van der Waals surface area contributed by atoms with E-state index in [4.69, 9.17) is 5.84 Å². The van der Waals surface area contributed by atoms with Gasteiger partial charge >= 0.3 is 5.69 Å². The number of nitrogens with zero attached hydrogens (tertiary/aromatic N) is 3. The number of hydrogen-bond donors (Lipinski definition) is 3. The standard InChI is InChI=1S/C13H20N6O2/c1-7(10-5-8-2-3-9(10)4-8)16-12-11(19(20)21)6-15-13(17-12)18-14/h6-10H,2-5,14H2,1H3,(H2,15,16,17,18). The van der Waals surface area contributed by atoms with Crippen molar-refractivity contribution in [3.8, 4) is 0 Å². The summed E-state index contributed by atoms with van der Waals surface area (Å²) in [6, 6.07) is 0.152. The molecule has 1 aromatic heterocycles. The molecular weight excluding hydrogens is 272 g/mol. The van der Waals surface area contributed by atoms with Crippen LogP contribution in [0.15, 0.2) is 6.20 Å². The van der Waals surface area contributed by atoms with Crippen molar-refractivity contribution in [2.24, 2.45) is 23.6 Å². The van der Waals surface area contributed by atoms with Gasteiger partial charge in [-0.05, 0) is 43.9 Å². The van der Waals surface area contributed by atoms with Crippen molar-refractivity contribution < 1.29 is 4.92 Å². The first-order valence-corrected chi connectivity index (χ1v) is 7.33. The van der Waals surface area contributed by atoms with Gasteiger partial charge in [-0.1, -0.05) is 6.42 Å². The highest BCUT2D eigenvalue weighted by Crippen LogP contribution is 2.50. The highest BCUT2D eigenvalue weighted by molar-refractivity contribution is 5.57. The normalized spacial score (nSPS) is 28.4. The van der Waals surface area contributed by atoms with Crippen molar-refractivity contribution in [2.75, 3.05) is 10.7 Å². The fraction of sp³-hybridized carbons (Fsp3) is 0.692. The quantitative estimate of drug-likeness (QED) is 0.431. The molecule has 2 saturated carbocycles. The van der Waals surface area contributed by atoms with Crippen molar-refractivity contribution in [1.29, 1.82) is 0 Å². The van der Waals surface area contributed by atoms with Gasteiger partial charge in [-0.15, -0.1) is 0 Å². The summed E-state index contributed by atoms with van der Waals surface area (Å²) in [5.41, 5.74) is 2.20. The first-order chi connectivity index (χ1) is 10.1. The summed E-state index contributed by atoms with van der Waals surface area (Å²) in [7, 11) is 0. The van der Waals surface area contributed by atoms with Gasteiger partial charge in [-0.3, -0.25) is 15.5 Å². The van der Waals surface area contributed by atoms with Crippen LogP contribution in [0.2, 0.25) is 0 Å². The number of aromatic nitrogens is 2. The number of hydrazine groups is 1. The van der Waals surface area contributed by atoms with Crippen molar-refractivity contribution in [2.45, 2.75) is 38.6 Å². The minimum absolute atomic E-state index is 0.121. The lowest BCUT2D eigenvalue weighted by Crippen LogP contribution is -2.30. The molecule has 114 valence electrons. The topological polar surface area (TPSA) is 119 Å². The van der Waals surface area contributed by atoms with E-state index >= 15 is 0 Å². The van der Waals surface area contributed by atoms with Crippen molar-refractivity contribution >= 4 is 17.5 Å². The molecule has 1 heterocycles. The second-order valence-electron chi connectivity index (χ2n) is 6.10. The molecule has 4 N–H and O–H groups in total. The van der Waals surface area contributed by atoms with E-state index in [1.165, 1.54) is 31.9 Å². The minimum atomic E-state index is -0.476. The fourth-order valence-corrected chi connectivity index (χ4v) is 3.91. The molecule has 2 fully saturated rings. The summed E-state index contributed by atoms with van der Waals surface area (Å²) in [6.07, 6.45) is 6.31. The van der Waals surface area contributed by atoms with Crippen LogP contribution < -0.4 is 16.6 Å². The number of nitro groups is 1. The first-order valence-electron chi connectivity index (χ1n) is 7.33. The molecule has 2 bridgehead atoms. The van der Waals surface area contributed by atoms with Crippen LogP contribution >= 0.6 is 0 Å². The largest absolute Gasteiger partial charge is 0.361 e. The third-order valence-electron chi connectivity index (χ3n) is 4.89. The highest BCUT2D eigenvalue weighted by Gasteiger charge is 2.42. The second kappa shape index (κ2) is 5.44. The van der Waals surface area contributed by atoms with Crippen molar-refractivity contribution in [3.05, 3.63) is 16.3 Å². The lowest BCUT2D eigenvalue weighted by Gasteiger charge is -2.28. The molecule has 0 saturated heterocycles. The third kappa shape index (κ3) is 2.63. The highest BCUT2D eigenvalue weighted by atomic mass is 16.6. The molecule has 4 atom stereocenters. The van der Waals surface area contributed by atoms with Crippen LogP contribution in [0, 0.1) is 27.9 Å².